The zero-order valence-electron chi connectivity index (χ0n) is 18.7. The Kier molecular flexibility index (Phi) is 8.55. The molecule has 164 valence electrons. The summed E-state index contributed by atoms with van der Waals surface area (Å²) in [7, 11) is 0.950. The highest BCUT2D eigenvalue weighted by Gasteiger charge is 2.21. The molecule has 2 atom stereocenters. The fourth-order valence-electron chi connectivity index (χ4n) is 3.52. The number of carbonyl (C=O) groups excluding carboxylic acids is 1. The van der Waals surface area contributed by atoms with E-state index in [0.29, 0.717) is 18.6 Å². The SMILES string of the molecule is Cc1cccc(NCC2=CC=C(CNC(=O)[C@@H](NCc3ccccn3)C(C)[SiH3])CC2)n1. The highest BCUT2D eigenvalue weighted by atomic mass is 28.1. The van der Waals surface area contributed by atoms with Crippen molar-refractivity contribution in [3.05, 3.63) is 77.3 Å². The van der Waals surface area contributed by atoms with Gasteiger partial charge in [0.25, 0.3) is 0 Å². The smallest absolute Gasteiger partial charge is 0.237 e. The van der Waals surface area contributed by atoms with E-state index < -0.39 is 0 Å². The Morgan fingerprint density at radius 2 is 1.84 bits per heavy atom. The van der Waals surface area contributed by atoms with Gasteiger partial charge in [0, 0.05) is 41.8 Å². The van der Waals surface area contributed by atoms with Crippen molar-refractivity contribution in [1.29, 1.82) is 0 Å². The molecule has 31 heavy (non-hydrogen) atoms. The number of nitrogens with one attached hydrogen (secondary N) is 3. The molecule has 1 unspecified atom stereocenters. The van der Waals surface area contributed by atoms with Crippen molar-refractivity contribution < 1.29 is 4.79 Å². The largest absolute Gasteiger partial charge is 0.366 e. The van der Waals surface area contributed by atoms with E-state index in [0.717, 1.165) is 46.8 Å². The van der Waals surface area contributed by atoms with Gasteiger partial charge < -0.3 is 16.0 Å². The van der Waals surface area contributed by atoms with Crippen LogP contribution in [0.4, 0.5) is 5.82 Å². The highest BCUT2D eigenvalue weighted by molar-refractivity contribution is 6.14. The van der Waals surface area contributed by atoms with Gasteiger partial charge in [0.1, 0.15) is 5.82 Å². The summed E-state index contributed by atoms with van der Waals surface area (Å²) in [5.41, 5.74) is 4.90. The minimum atomic E-state index is -0.185. The first kappa shape index (κ1) is 22.9. The Balaban J connectivity index is 1.46. The summed E-state index contributed by atoms with van der Waals surface area (Å²) in [5.74, 6) is 0.978. The van der Waals surface area contributed by atoms with Gasteiger partial charge in [-0.1, -0.05) is 42.4 Å². The molecule has 2 aromatic heterocycles. The number of aryl methyl sites for hydroxylation is 1. The van der Waals surface area contributed by atoms with Gasteiger partial charge in [-0.3, -0.25) is 9.78 Å². The van der Waals surface area contributed by atoms with Crippen LogP contribution in [-0.4, -0.2) is 45.2 Å². The lowest BCUT2D eigenvalue weighted by Crippen LogP contribution is -2.46. The van der Waals surface area contributed by atoms with Crippen molar-refractivity contribution in [3.63, 3.8) is 0 Å². The number of hydrogen-bond donors (Lipinski definition) is 3. The van der Waals surface area contributed by atoms with E-state index in [1.54, 1.807) is 6.20 Å². The zero-order valence-corrected chi connectivity index (χ0v) is 20.7. The number of amides is 1. The van der Waals surface area contributed by atoms with Crippen molar-refractivity contribution in [1.82, 2.24) is 20.6 Å². The lowest BCUT2D eigenvalue weighted by Gasteiger charge is -2.23. The van der Waals surface area contributed by atoms with E-state index >= 15 is 0 Å². The second kappa shape index (κ2) is 11.6. The molecule has 1 aliphatic rings. The number of pyridine rings is 2. The number of rotatable bonds is 10. The van der Waals surface area contributed by atoms with E-state index in [-0.39, 0.29) is 11.9 Å². The number of aromatic nitrogens is 2. The standard InChI is InChI=1S/C24H33N5OSi/c1-17-6-5-8-22(29-17)26-14-19-9-11-20(12-10-19)15-28-24(30)23(18(2)31)27-16-21-7-3-4-13-25-21/h3-9,11,13,18,23,27H,10,12,14-16H2,1-2,31H3,(H,26,29)(H,28,30)/t18?,23-/m0/s1. The maximum absolute atomic E-state index is 12.8. The topological polar surface area (TPSA) is 78.9 Å². The number of hydrogen-bond acceptors (Lipinski definition) is 5. The van der Waals surface area contributed by atoms with Crippen LogP contribution in [0.15, 0.2) is 65.9 Å². The molecule has 1 amide bonds. The third-order valence-corrected chi connectivity index (χ3v) is 6.04. The van der Waals surface area contributed by atoms with Crippen LogP contribution in [0, 0.1) is 6.92 Å². The van der Waals surface area contributed by atoms with Gasteiger partial charge in [0.2, 0.25) is 5.91 Å². The maximum atomic E-state index is 12.8. The Labute approximate surface area is 188 Å². The van der Waals surface area contributed by atoms with Crippen LogP contribution in [-0.2, 0) is 11.3 Å². The van der Waals surface area contributed by atoms with Crippen molar-refractivity contribution in [3.8, 4) is 0 Å². The molecule has 0 spiro atoms. The molecule has 2 aromatic rings. The quantitative estimate of drug-likeness (QED) is 0.499. The number of anilines is 1. The van der Waals surface area contributed by atoms with Crippen LogP contribution in [0.25, 0.3) is 0 Å². The molecule has 0 aromatic carbocycles. The molecule has 0 bridgehead atoms. The Hall–Kier alpha value is -2.77. The first-order chi connectivity index (χ1) is 15.0. The monoisotopic (exact) mass is 435 g/mol. The van der Waals surface area contributed by atoms with Crippen LogP contribution < -0.4 is 16.0 Å². The van der Waals surface area contributed by atoms with E-state index in [1.165, 1.54) is 11.1 Å². The first-order valence-electron chi connectivity index (χ1n) is 11.0. The molecule has 3 N–H and O–H groups in total. The van der Waals surface area contributed by atoms with Gasteiger partial charge in [-0.15, -0.1) is 0 Å². The Bertz CT molecular complexity index is 927. The summed E-state index contributed by atoms with van der Waals surface area (Å²) in [6.45, 7) is 6.11. The molecule has 0 saturated carbocycles. The number of allylic oxidation sites excluding steroid dienone is 2. The summed E-state index contributed by atoms with van der Waals surface area (Å²) in [6.07, 6.45) is 8.06. The summed E-state index contributed by atoms with van der Waals surface area (Å²) >= 11 is 0. The molecule has 0 radical (unpaired) electrons. The van der Waals surface area contributed by atoms with E-state index in [4.69, 9.17) is 0 Å². The van der Waals surface area contributed by atoms with Crippen LogP contribution in [0.1, 0.15) is 31.2 Å². The van der Waals surface area contributed by atoms with Crippen LogP contribution in [0.2, 0.25) is 5.54 Å². The van der Waals surface area contributed by atoms with Crippen LogP contribution in [0.3, 0.4) is 0 Å². The third kappa shape index (κ3) is 7.45. The molecular formula is C24H33N5OSi. The summed E-state index contributed by atoms with van der Waals surface area (Å²) in [5, 5.41) is 9.89. The van der Waals surface area contributed by atoms with Gasteiger partial charge >= 0.3 is 0 Å². The molecule has 0 fully saturated rings. The molecule has 6 nitrogen and oxygen atoms in total. The van der Waals surface area contributed by atoms with Crippen molar-refractivity contribution in [2.75, 3.05) is 18.4 Å². The molecule has 1 aliphatic carbocycles. The fraction of sp³-hybridized carbons (Fsp3) is 0.375. The fourth-order valence-corrected chi connectivity index (χ4v) is 4.06. The van der Waals surface area contributed by atoms with Gasteiger partial charge in [0.05, 0.1) is 11.7 Å². The second-order valence-corrected chi connectivity index (χ2v) is 10.1. The number of nitrogens with zero attached hydrogens (tertiary/aromatic N) is 2. The summed E-state index contributed by atoms with van der Waals surface area (Å²) < 4.78 is 0. The normalized spacial score (nSPS) is 15.5. The van der Waals surface area contributed by atoms with Gasteiger partial charge in [-0.25, -0.2) is 4.98 Å². The summed E-state index contributed by atoms with van der Waals surface area (Å²) in [6, 6.07) is 11.6. The predicted octanol–water partition coefficient (Wildman–Crippen LogP) is 2.29. The highest BCUT2D eigenvalue weighted by Crippen LogP contribution is 2.18. The molecule has 7 heteroatoms. The van der Waals surface area contributed by atoms with Gasteiger partial charge in [0.15, 0.2) is 0 Å². The predicted molar refractivity (Wildman–Crippen MR) is 130 cm³/mol. The molecule has 0 aliphatic heterocycles. The minimum absolute atomic E-state index is 0.0706. The lowest BCUT2D eigenvalue weighted by molar-refractivity contribution is -0.123. The zero-order chi connectivity index (χ0) is 22.1. The van der Waals surface area contributed by atoms with E-state index in [1.807, 2.05) is 43.3 Å². The minimum Gasteiger partial charge on any atom is -0.366 e. The third-order valence-electron chi connectivity index (χ3n) is 5.37. The second-order valence-electron chi connectivity index (χ2n) is 8.31. The van der Waals surface area contributed by atoms with Crippen LogP contribution in [0.5, 0.6) is 0 Å². The van der Waals surface area contributed by atoms with E-state index in [9.17, 15) is 4.79 Å². The average Bonchev–Trinajstić information content (AvgIpc) is 2.77. The molecular weight excluding hydrogens is 402 g/mol. The lowest BCUT2D eigenvalue weighted by atomic mass is 9.98. The molecule has 2 heterocycles. The van der Waals surface area contributed by atoms with E-state index in [2.05, 4.69) is 45.0 Å². The molecule has 0 saturated heterocycles. The van der Waals surface area contributed by atoms with Gasteiger partial charge in [-0.2, -0.15) is 0 Å². The first-order valence-corrected chi connectivity index (χ1v) is 12.1. The van der Waals surface area contributed by atoms with Crippen LogP contribution >= 0.6 is 0 Å². The van der Waals surface area contributed by atoms with Crippen molar-refractivity contribution in [2.24, 2.45) is 0 Å². The maximum Gasteiger partial charge on any atom is 0.237 e. The average molecular weight is 436 g/mol. The Morgan fingerprint density at radius 1 is 1.06 bits per heavy atom. The molecule has 3 rings (SSSR count). The van der Waals surface area contributed by atoms with Crippen molar-refractivity contribution in [2.45, 2.75) is 44.8 Å². The Morgan fingerprint density at radius 3 is 2.48 bits per heavy atom. The number of carbonyl (C=O) groups is 1. The van der Waals surface area contributed by atoms with Crippen molar-refractivity contribution >= 4 is 22.0 Å². The van der Waals surface area contributed by atoms with Gasteiger partial charge in [-0.05, 0) is 49.6 Å². The summed E-state index contributed by atoms with van der Waals surface area (Å²) in [4.78, 5) is 21.6.